The Balaban J connectivity index is 1.85. The molecule has 0 unspecified atom stereocenters. The second-order valence-corrected chi connectivity index (χ2v) is 11.1. The van der Waals surface area contributed by atoms with E-state index in [0.29, 0.717) is 5.69 Å². The van der Waals surface area contributed by atoms with Crippen LogP contribution >= 0.6 is 7.75 Å². The molecule has 1 aromatic heterocycles. The molecule has 1 heterocycles. The molecule has 0 aliphatic rings. The van der Waals surface area contributed by atoms with Crippen LogP contribution < -0.4 is 10.2 Å². The monoisotopic (exact) mass is 508 g/mol. The quantitative estimate of drug-likeness (QED) is 0.328. The Hall–Kier alpha value is -3.02. The summed E-state index contributed by atoms with van der Waals surface area (Å²) < 4.78 is 62.2. The van der Waals surface area contributed by atoms with Crippen molar-refractivity contribution in [1.29, 1.82) is 0 Å². The number of nitrogens with two attached hydrogens (primary N) is 1. The molecule has 0 atom stereocenters. The maximum atomic E-state index is 14.6. The lowest BCUT2D eigenvalue weighted by Crippen LogP contribution is -2.23. The molecule has 0 radical (unpaired) electrons. The minimum Gasteiger partial charge on any atom is -0.382 e. The zero-order chi connectivity index (χ0) is 25.1. The number of benzene rings is 2. The molecule has 0 amide bonds. The number of hydrogen-bond acceptors (Lipinski definition) is 9. The van der Waals surface area contributed by atoms with E-state index in [-0.39, 0.29) is 23.5 Å². The second kappa shape index (κ2) is 10.1. The summed E-state index contributed by atoms with van der Waals surface area (Å²) in [6.07, 6.45) is 1.14. The van der Waals surface area contributed by atoms with E-state index in [1.807, 2.05) is 31.2 Å². The van der Waals surface area contributed by atoms with Crippen LogP contribution in [0.25, 0.3) is 11.3 Å². The molecule has 2 aromatic carbocycles. The summed E-state index contributed by atoms with van der Waals surface area (Å²) >= 11 is 0. The molecule has 0 saturated carbocycles. The molecule has 3 rings (SSSR count). The third-order valence-electron chi connectivity index (χ3n) is 4.78. The fourth-order valence-electron chi connectivity index (χ4n) is 2.95. The highest BCUT2D eigenvalue weighted by molar-refractivity contribution is 7.94. The van der Waals surface area contributed by atoms with Crippen molar-refractivity contribution in [3.8, 4) is 11.3 Å². The summed E-state index contributed by atoms with van der Waals surface area (Å²) in [6, 6.07) is 10.5. The van der Waals surface area contributed by atoms with Crippen molar-refractivity contribution >= 4 is 29.4 Å². The molecule has 3 aromatic rings. The Morgan fingerprint density at radius 2 is 1.79 bits per heavy atom. The molecule has 3 N–H and O–H groups in total. The van der Waals surface area contributed by atoms with Crippen LogP contribution in [0.3, 0.4) is 0 Å². The molecule has 0 bridgehead atoms. The first-order valence-electron chi connectivity index (χ1n) is 9.75. The number of Topliss-reactive ketones (excluding diaryl/α,β-unsaturated/α-hetero) is 1. The minimum atomic E-state index is -4.58. The van der Waals surface area contributed by atoms with Crippen molar-refractivity contribution in [3.63, 3.8) is 0 Å². The molecule has 13 heteroatoms. The number of aromatic nitrogens is 2. The number of nitrogens with one attached hydrogen (secondary N) is 1. The van der Waals surface area contributed by atoms with Crippen LogP contribution in [-0.4, -0.2) is 38.4 Å². The summed E-state index contributed by atoms with van der Waals surface area (Å²) in [4.78, 5) is 20.4. The number of hydrogen-bond donors (Lipinski definition) is 2. The number of anilines is 1. The van der Waals surface area contributed by atoms with Crippen LogP contribution in [0.5, 0.6) is 0 Å². The van der Waals surface area contributed by atoms with Crippen LogP contribution in [0.1, 0.15) is 21.6 Å². The lowest BCUT2D eigenvalue weighted by molar-refractivity contribution is 0.0989. The SMILES string of the molecule is COP(=O)(NS(=O)(=O)c1ccc(CC(=O)c2nc(-c3ccc(C)cc3)cnc2N)cc1F)OC. The number of nitrogens with zero attached hydrogens (tertiary/aromatic N) is 2. The summed E-state index contributed by atoms with van der Waals surface area (Å²) in [5.74, 6) is -1.78. The summed E-state index contributed by atoms with van der Waals surface area (Å²) in [5, 5.41) is 0. The lowest BCUT2D eigenvalue weighted by atomic mass is 10.1. The van der Waals surface area contributed by atoms with E-state index in [0.717, 1.165) is 37.5 Å². The Morgan fingerprint density at radius 1 is 1.15 bits per heavy atom. The van der Waals surface area contributed by atoms with Crippen LogP contribution in [-0.2, 0) is 30.1 Å². The van der Waals surface area contributed by atoms with Gasteiger partial charge in [-0.15, -0.1) is 4.49 Å². The predicted octanol–water partition coefficient (Wildman–Crippen LogP) is 3.28. The van der Waals surface area contributed by atoms with Gasteiger partial charge in [0.25, 0.3) is 10.0 Å². The first-order valence-corrected chi connectivity index (χ1v) is 12.8. The molecule has 180 valence electrons. The van der Waals surface area contributed by atoms with Gasteiger partial charge in [-0.1, -0.05) is 35.9 Å². The number of aryl methyl sites for hydroxylation is 1. The fraction of sp³-hybridized carbons (Fsp3) is 0.190. The molecular formula is C21H22FN4O6PS. The van der Waals surface area contributed by atoms with Gasteiger partial charge in [0, 0.05) is 26.2 Å². The summed E-state index contributed by atoms with van der Waals surface area (Å²) in [5.41, 5.74) is 8.16. The number of sulfonamides is 1. The molecule has 10 nitrogen and oxygen atoms in total. The number of ketones is 1. The third kappa shape index (κ3) is 5.72. The highest BCUT2D eigenvalue weighted by atomic mass is 32.2. The van der Waals surface area contributed by atoms with Crippen molar-refractivity contribution < 1.29 is 31.2 Å². The van der Waals surface area contributed by atoms with E-state index in [4.69, 9.17) is 5.73 Å². The predicted molar refractivity (Wildman–Crippen MR) is 123 cm³/mol. The van der Waals surface area contributed by atoms with Gasteiger partial charge in [0.1, 0.15) is 16.4 Å². The molecular weight excluding hydrogens is 486 g/mol. The first-order chi connectivity index (χ1) is 16.0. The smallest absolute Gasteiger partial charge is 0.382 e. The van der Waals surface area contributed by atoms with Crippen molar-refractivity contribution in [2.24, 2.45) is 0 Å². The maximum Gasteiger partial charge on any atom is 0.418 e. The molecule has 0 spiro atoms. The summed E-state index contributed by atoms with van der Waals surface area (Å²) in [6.45, 7) is 1.94. The van der Waals surface area contributed by atoms with Gasteiger partial charge >= 0.3 is 7.75 Å². The van der Waals surface area contributed by atoms with Crippen molar-refractivity contribution in [2.45, 2.75) is 18.2 Å². The molecule has 0 aliphatic heterocycles. The fourth-order valence-corrected chi connectivity index (χ4v) is 5.83. The van der Waals surface area contributed by atoms with Gasteiger partial charge in [-0.2, -0.15) is 0 Å². The normalized spacial score (nSPS) is 12.0. The molecule has 0 fully saturated rings. The largest absolute Gasteiger partial charge is 0.418 e. The first kappa shape index (κ1) is 25.6. The number of halogens is 1. The van der Waals surface area contributed by atoms with E-state index >= 15 is 0 Å². The molecule has 34 heavy (non-hydrogen) atoms. The van der Waals surface area contributed by atoms with E-state index in [9.17, 15) is 22.2 Å². The molecule has 0 aliphatic carbocycles. The van der Waals surface area contributed by atoms with Crippen LogP contribution in [0.15, 0.2) is 53.6 Å². The standard InChI is InChI=1S/C21H22FN4O6PS/c1-13-4-7-15(8-5-13)17-12-24-21(23)20(25-17)18(27)11-14-6-9-19(16(22)10-14)34(29,30)26-33(28,31-2)32-3/h4-10,12H,11H2,1-3H3,(H2,23,24)(H,26,28). The Bertz CT molecular complexity index is 1370. The summed E-state index contributed by atoms with van der Waals surface area (Å²) in [7, 11) is -6.83. The van der Waals surface area contributed by atoms with Gasteiger partial charge in [0.15, 0.2) is 11.6 Å². The topological polar surface area (TPSA) is 151 Å². The number of rotatable bonds is 9. The van der Waals surface area contributed by atoms with Crippen LogP contribution in [0.4, 0.5) is 10.2 Å². The Kier molecular flexibility index (Phi) is 7.59. The average molecular weight is 508 g/mol. The van der Waals surface area contributed by atoms with Gasteiger partial charge in [-0.05, 0) is 24.6 Å². The van der Waals surface area contributed by atoms with E-state index in [1.165, 1.54) is 12.3 Å². The van der Waals surface area contributed by atoms with Crippen molar-refractivity contribution in [3.05, 3.63) is 71.3 Å². The second-order valence-electron chi connectivity index (χ2n) is 7.18. The van der Waals surface area contributed by atoms with Gasteiger partial charge in [-0.3, -0.25) is 13.8 Å². The van der Waals surface area contributed by atoms with Gasteiger partial charge < -0.3 is 5.73 Å². The zero-order valence-corrected chi connectivity index (χ0v) is 20.2. The Labute approximate surface area is 196 Å². The van der Waals surface area contributed by atoms with E-state index in [2.05, 4.69) is 19.0 Å². The maximum absolute atomic E-state index is 14.6. The minimum absolute atomic E-state index is 0.0837. The zero-order valence-electron chi connectivity index (χ0n) is 18.5. The lowest BCUT2D eigenvalue weighted by Gasteiger charge is -2.15. The number of nitrogen functional groups attached to an aromatic ring is 1. The average Bonchev–Trinajstić information content (AvgIpc) is 2.79. The molecule has 0 saturated heterocycles. The Morgan fingerprint density at radius 3 is 2.38 bits per heavy atom. The van der Waals surface area contributed by atoms with Gasteiger partial charge in [-0.25, -0.2) is 27.3 Å². The van der Waals surface area contributed by atoms with Crippen molar-refractivity contribution in [1.82, 2.24) is 14.5 Å². The third-order valence-corrected chi connectivity index (χ3v) is 8.50. The highest BCUT2D eigenvalue weighted by Gasteiger charge is 2.32. The number of carbonyl (C=O) groups excluding carboxylic acids is 1. The van der Waals surface area contributed by atoms with Crippen LogP contribution in [0, 0.1) is 12.7 Å². The van der Waals surface area contributed by atoms with E-state index < -0.39 is 34.3 Å². The van der Waals surface area contributed by atoms with Crippen molar-refractivity contribution in [2.75, 3.05) is 20.0 Å². The van der Waals surface area contributed by atoms with E-state index in [1.54, 1.807) is 4.49 Å². The van der Waals surface area contributed by atoms with Gasteiger partial charge in [0.05, 0.1) is 11.9 Å². The highest BCUT2D eigenvalue weighted by Crippen LogP contribution is 2.43. The number of carbonyl (C=O) groups is 1. The van der Waals surface area contributed by atoms with Crippen LogP contribution in [0.2, 0.25) is 0 Å². The van der Waals surface area contributed by atoms with Gasteiger partial charge in [0.2, 0.25) is 0 Å².